The summed E-state index contributed by atoms with van der Waals surface area (Å²) >= 11 is 0. The van der Waals surface area contributed by atoms with Gasteiger partial charge >= 0.3 is 11.9 Å². The molecule has 0 aromatic carbocycles. The van der Waals surface area contributed by atoms with Gasteiger partial charge < -0.3 is 31.9 Å². The Labute approximate surface area is 157 Å². The third kappa shape index (κ3) is 10.8. The van der Waals surface area contributed by atoms with Crippen molar-refractivity contribution in [1.29, 1.82) is 0 Å². The van der Waals surface area contributed by atoms with Crippen molar-refractivity contribution in [2.75, 3.05) is 6.54 Å². The minimum absolute atomic E-state index is 0.194. The largest absolute Gasteiger partial charge is 0.481 e. The van der Waals surface area contributed by atoms with Gasteiger partial charge in [0.1, 0.15) is 12.1 Å². The van der Waals surface area contributed by atoms with Crippen LogP contribution in [-0.4, -0.2) is 64.5 Å². The zero-order chi connectivity index (χ0) is 21.1. The summed E-state index contributed by atoms with van der Waals surface area (Å²) in [4.78, 5) is 57.4. The van der Waals surface area contributed by atoms with Crippen LogP contribution in [0.15, 0.2) is 0 Å². The minimum atomic E-state index is -1.28. The molecule has 0 spiro atoms. The van der Waals surface area contributed by atoms with Crippen LogP contribution in [0.25, 0.3) is 0 Å². The Morgan fingerprint density at radius 2 is 1.56 bits per heavy atom. The molecule has 154 valence electrons. The molecule has 0 saturated heterocycles. The second-order valence-electron chi connectivity index (χ2n) is 6.57. The lowest BCUT2D eigenvalue weighted by Crippen LogP contribution is -2.53. The molecule has 0 rings (SSSR count). The van der Waals surface area contributed by atoms with Gasteiger partial charge in [0.2, 0.25) is 17.7 Å². The van der Waals surface area contributed by atoms with Crippen LogP contribution in [0.2, 0.25) is 0 Å². The number of amides is 3. The number of nitrogens with two attached hydrogens (primary N) is 1. The van der Waals surface area contributed by atoms with Crippen molar-refractivity contribution in [1.82, 2.24) is 16.0 Å². The average molecular weight is 388 g/mol. The fraction of sp³-hybridized carbons (Fsp3) is 0.688. The van der Waals surface area contributed by atoms with E-state index < -0.39 is 60.8 Å². The van der Waals surface area contributed by atoms with Crippen LogP contribution >= 0.6 is 0 Å². The molecule has 0 aliphatic heterocycles. The maximum atomic E-state index is 12.1. The molecule has 11 heteroatoms. The van der Waals surface area contributed by atoms with Crippen LogP contribution in [0, 0.1) is 5.92 Å². The number of carboxylic acids is 2. The van der Waals surface area contributed by atoms with Crippen molar-refractivity contribution in [2.24, 2.45) is 11.7 Å². The van der Waals surface area contributed by atoms with Crippen molar-refractivity contribution >= 4 is 29.7 Å². The van der Waals surface area contributed by atoms with Gasteiger partial charge in [0.05, 0.1) is 12.6 Å². The van der Waals surface area contributed by atoms with Crippen LogP contribution < -0.4 is 21.7 Å². The zero-order valence-corrected chi connectivity index (χ0v) is 15.7. The van der Waals surface area contributed by atoms with Gasteiger partial charge in [0.15, 0.2) is 0 Å². The summed E-state index contributed by atoms with van der Waals surface area (Å²) < 4.78 is 0. The first-order valence-corrected chi connectivity index (χ1v) is 8.51. The lowest BCUT2D eigenvalue weighted by molar-refractivity contribution is -0.142. The van der Waals surface area contributed by atoms with Crippen molar-refractivity contribution in [3.63, 3.8) is 0 Å². The van der Waals surface area contributed by atoms with E-state index in [1.807, 2.05) is 13.8 Å². The molecular formula is C16H28N4O7. The molecule has 0 aromatic rings. The summed E-state index contributed by atoms with van der Waals surface area (Å²) in [5.74, 6) is -4.35. The van der Waals surface area contributed by atoms with Gasteiger partial charge in [-0.1, -0.05) is 13.8 Å². The van der Waals surface area contributed by atoms with Crippen LogP contribution in [0.4, 0.5) is 0 Å². The molecule has 3 unspecified atom stereocenters. The maximum Gasteiger partial charge on any atom is 0.325 e. The molecule has 0 bridgehead atoms. The first kappa shape index (κ1) is 24.3. The van der Waals surface area contributed by atoms with E-state index in [0.717, 1.165) is 0 Å². The van der Waals surface area contributed by atoms with E-state index in [2.05, 4.69) is 16.0 Å². The zero-order valence-electron chi connectivity index (χ0n) is 15.7. The van der Waals surface area contributed by atoms with Crippen molar-refractivity contribution in [3.8, 4) is 0 Å². The van der Waals surface area contributed by atoms with E-state index in [9.17, 15) is 24.0 Å². The maximum absolute atomic E-state index is 12.1. The number of carboxylic acid groups (broad SMARTS) is 2. The van der Waals surface area contributed by atoms with Gasteiger partial charge in [-0.25, -0.2) is 0 Å². The molecule has 0 radical (unpaired) electrons. The third-order valence-electron chi connectivity index (χ3n) is 3.51. The second-order valence-corrected chi connectivity index (χ2v) is 6.57. The second kappa shape index (κ2) is 11.8. The van der Waals surface area contributed by atoms with Gasteiger partial charge in [0.25, 0.3) is 0 Å². The highest BCUT2D eigenvalue weighted by atomic mass is 16.4. The quantitative estimate of drug-likeness (QED) is 0.231. The predicted octanol–water partition coefficient (Wildman–Crippen LogP) is -1.59. The Morgan fingerprint density at radius 1 is 0.963 bits per heavy atom. The highest BCUT2D eigenvalue weighted by Crippen LogP contribution is 2.02. The highest BCUT2D eigenvalue weighted by molar-refractivity contribution is 5.92. The molecule has 0 aliphatic rings. The Balaban J connectivity index is 4.73. The Hall–Kier alpha value is -2.69. The third-order valence-corrected chi connectivity index (χ3v) is 3.51. The summed E-state index contributed by atoms with van der Waals surface area (Å²) in [6.45, 7) is 4.57. The lowest BCUT2D eigenvalue weighted by Gasteiger charge is -2.20. The predicted molar refractivity (Wildman–Crippen MR) is 94.5 cm³/mol. The van der Waals surface area contributed by atoms with Gasteiger partial charge in [-0.05, 0) is 25.7 Å². The molecular weight excluding hydrogens is 360 g/mol. The van der Waals surface area contributed by atoms with Crippen molar-refractivity contribution in [3.05, 3.63) is 0 Å². The van der Waals surface area contributed by atoms with Crippen LogP contribution in [0.5, 0.6) is 0 Å². The molecule has 11 nitrogen and oxygen atoms in total. The molecule has 3 atom stereocenters. The molecule has 0 heterocycles. The summed E-state index contributed by atoms with van der Waals surface area (Å²) in [6.07, 6.45) is -0.213. The smallest absolute Gasteiger partial charge is 0.325 e. The Morgan fingerprint density at radius 3 is 2.04 bits per heavy atom. The van der Waals surface area contributed by atoms with E-state index >= 15 is 0 Å². The molecule has 7 N–H and O–H groups in total. The first-order chi connectivity index (χ1) is 12.4. The molecule has 27 heavy (non-hydrogen) atoms. The van der Waals surface area contributed by atoms with E-state index in [-0.39, 0.29) is 12.3 Å². The molecule has 0 saturated carbocycles. The van der Waals surface area contributed by atoms with Gasteiger partial charge in [-0.15, -0.1) is 0 Å². The number of rotatable bonds is 12. The Bertz CT molecular complexity index is 565. The number of aliphatic carboxylic acids is 2. The van der Waals surface area contributed by atoms with E-state index in [1.165, 1.54) is 6.92 Å². The monoisotopic (exact) mass is 388 g/mol. The molecule has 0 fully saturated rings. The summed E-state index contributed by atoms with van der Waals surface area (Å²) in [5, 5.41) is 24.4. The van der Waals surface area contributed by atoms with Gasteiger partial charge in [0, 0.05) is 6.42 Å². The number of carbonyl (C=O) groups excluding carboxylic acids is 3. The van der Waals surface area contributed by atoms with E-state index in [0.29, 0.717) is 6.42 Å². The lowest BCUT2D eigenvalue weighted by atomic mass is 10.0. The molecule has 0 aromatic heterocycles. The number of hydrogen-bond acceptors (Lipinski definition) is 6. The first-order valence-electron chi connectivity index (χ1n) is 8.51. The minimum Gasteiger partial charge on any atom is -0.481 e. The van der Waals surface area contributed by atoms with Crippen molar-refractivity contribution in [2.45, 2.75) is 58.2 Å². The fourth-order valence-corrected chi connectivity index (χ4v) is 2.07. The topological polar surface area (TPSA) is 188 Å². The van der Waals surface area contributed by atoms with Gasteiger partial charge in [-0.3, -0.25) is 24.0 Å². The number of hydrogen-bond donors (Lipinski definition) is 6. The SMILES string of the molecule is CC(C)CC(N)C(=O)NCC(=O)NC(CCC(=O)O)C(=O)NC(C)C(=O)O. The standard InChI is InChI=1S/C16H28N4O7/c1-8(2)6-10(17)14(24)18-7-12(21)20-11(4-5-13(22)23)15(25)19-9(3)16(26)27/h8-11H,4-7,17H2,1-3H3,(H,18,24)(H,19,25)(H,20,21)(H,22,23)(H,26,27). The average Bonchev–Trinajstić information content (AvgIpc) is 2.55. The summed E-state index contributed by atoms with van der Waals surface area (Å²) in [5.41, 5.74) is 5.69. The van der Waals surface area contributed by atoms with Crippen LogP contribution in [-0.2, 0) is 24.0 Å². The Kier molecular flexibility index (Phi) is 10.7. The highest BCUT2D eigenvalue weighted by Gasteiger charge is 2.25. The molecule has 3 amide bonds. The molecule has 0 aliphatic carbocycles. The fourth-order valence-electron chi connectivity index (χ4n) is 2.07. The summed E-state index contributed by atoms with van der Waals surface area (Å²) in [7, 11) is 0. The number of nitrogens with one attached hydrogen (secondary N) is 3. The van der Waals surface area contributed by atoms with E-state index in [4.69, 9.17) is 15.9 Å². The normalized spacial score (nSPS) is 14.0. The summed E-state index contributed by atoms with van der Waals surface area (Å²) in [6, 6.07) is -3.24. The van der Waals surface area contributed by atoms with E-state index in [1.54, 1.807) is 0 Å². The van der Waals surface area contributed by atoms with Gasteiger partial charge in [-0.2, -0.15) is 0 Å². The number of carbonyl (C=O) groups is 5. The van der Waals surface area contributed by atoms with Crippen LogP contribution in [0.3, 0.4) is 0 Å². The van der Waals surface area contributed by atoms with Crippen LogP contribution in [0.1, 0.15) is 40.0 Å². The van der Waals surface area contributed by atoms with Crippen molar-refractivity contribution < 1.29 is 34.2 Å².